The summed E-state index contributed by atoms with van der Waals surface area (Å²) in [4.78, 5) is 21.6. The highest BCUT2D eigenvalue weighted by atomic mass is 19.4. The van der Waals surface area contributed by atoms with Crippen LogP contribution in [0.25, 0.3) is 11.1 Å². The molecule has 0 aliphatic heterocycles. The lowest BCUT2D eigenvalue weighted by atomic mass is 10.0. The fraction of sp³-hybridized carbons (Fsp3) is 0.370. The number of aromatic nitrogens is 2. The Bertz CT molecular complexity index is 1300. The number of aromatic carboxylic acids is 1. The van der Waals surface area contributed by atoms with Crippen molar-refractivity contribution in [2.45, 2.75) is 32.2 Å². The number of rotatable bonds is 9. The molecule has 14 heteroatoms. The Morgan fingerprint density at radius 3 is 2.10 bits per heavy atom. The van der Waals surface area contributed by atoms with Gasteiger partial charge in [-0.25, -0.2) is 14.2 Å². The van der Waals surface area contributed by atoms with Crippen LogP contribution >= 0.6 is 0 Å². The highest BCUT2D eigenvalue weighted by Gasteiger charge is 2.36. The lowest BCUT2D eigenvalue weighted by molar-refractivity contribution is -0.143. The molecule has 41 heavy (non-hydrogen) atoms. The van der Waals surface area contributed by atoms with E-state index in [1.165, 1.54) is 31.4 Å². The van der Waals surface area contributed by atoms with Gasteiger partial charge in [0.2, 0.25) is 0 Å². The average molecular weight is 591 g/mol. The second kappa shape index (κ2) is 14.2. The van der Waals surface area contributed by atoms with Crippen LogP contribution in [0.4, 0.5) is 30.7 Å². The van der Waals surface area contributed by atoms with Gasteiger partial charge in [0.1, 0.15) is 5.82 Å². The number of ether oxygens (including phenoxy) is 1. The van der Waals surface area contributed by atoms with Gasteiger partial charge in [-0.1, -0.05) is 6.07 Å². The van der Waals surface area contributed by atoms with E-state index in [1.807, 2.05) is 19.0 Å². The molecule has 0 aliphatic carbocycles. The maximum Gasteiger partial charge on any atom is 0.416 e. The number of hydrogen-bond donors (Lipinski definition) is 2. The van der Waals surface area contributed by atoms with Crippen molar-refractivity contribution in [2.24, 2.45) is 0 Å². The van der Waals surface area contributed by atoms with Crippen LogP contribution in [0.2, 0.25) is 0 Å². The van der Waals surface area contributed by atoms with Crippen LogP contribution in [0.5, 0.6) is 6.01 Å². The number of carboxylic acid groups (broad SMARTS) is 1. The molecular weight excluding hydrogens is 561 g/mol. The van der Waals surface area contributed by atoms with Gasteiger partial charge in [-0.3, -0.25) is 0 Å². The Hall–Kier alpha value is -3.78. The number of halogens is 7. The van der Waals surface area contributed by atoms with Crippen molar-refractivity contribution in [3.05, 3.63) is 76.4 Å². The van der Waals surface area contributed by atoms with Crippen molar-refractivity contribution >= 4 is 5.97 Å². The van der Waals surface area contributed by atoms with Crippen molar-refractivity contribution in [2.75, 3.05) is 34.3 Å². The van der Waals surface area contributed by atoms with Crippen LogP contribution in [0.1, 0.15) is 39.2 Å². The number of nitrogens with one attached hydrogen (secondary N) is 1. The summed E-state index contributed by atoms with van der Waals surface area (Å²) < 4.78 is 93.0. The highest BCUT2D eigenvalue weighted by Crippen LogP contribution is 2.36. The molecule has 2 N–H and O–H groups in total. The lowest BCUT2D eigenvalue weighted by Gasteiger charge is -2.13. The molecule has 0 radical (unpaired) electrons. The van der Waals surface area contributed by atoms with Gasteiger partial charge in [0.25, 0.3) is 0 Å². The standard InChI is InChI=1S/C17H20FN3O3.C10H9F6N/c1-11-9-12(18)5-6-13(11)14-10-19-17(20-15(14)16(22)23)24-8-4-7-21(2)3;1-17-5-6-2-7(9(11,12)13)4-8(3-6)10(14,15)16/h5-6,9-10H,4,7-8H2,1-3H3,(H,22,23);2-4,17H,5H2,1H3. The molecule has 0 saturated carbocycles. The second-order valence-electron chi connectivity index (χ2n) is 9.13. The monoisotopic (exact) mass is 590 g/mol. The zero-order valence-corrected chi connectivity index (χ0v) is 22.6. The quantitative estimate of drug-likeness (QED) is 0.231. The SMILES string of the molecule is CNCc1cc(C(F)(F)F)cc(C(F)(F)F)c1.Cc1cc(F)ccc1-c1cnc(OCCCN(C)C)nc1C(=O)O. The van der Waals surface area contributed by atoms with Crippen LogP contribution < -0.4 is 10.1 Å². The lowest BCUT2D eigenvalue weighted by Crippen LogP contribution is -2.16. The van der Waals surface area contributed by atoms with Gasteiger partial charge in [0, 0.05) is 24.8 Å². The number of nitrogens with zero attached hydrogens (tertiary/aromatic N) is 3. The van der Waals surface area contributed by atoms with Gasteiger partial charge >= 0.3 is 24.3 Å². The molecule has 0 spiro atoms. The Morgan fingerprint density at radius 2 is 1.61 bits per heavy atom. The molecule has 0 atom stereocenters. The maximum absolute atomic E-state index is 13.2. The highest BCUT2D eigenvalue weighted by molar-refractivity contribution is 5.94. The predicted molar refractivity (Wildman–Crippen MR) is 137 cm³/mol. The summed E-state index contributed by atoms with van der Waals surface area (Å²) in [5.41, 5.74) is -1.29. The normalized spacial score (nSPS) is 11.7. The summed E-state index contributed by atoms with van der Waals surface area (Å²) in [6.45, 7) is 2.88. The van der Waals surface area contributed by atoms with Gasteiger partial charge in [0.15, 0.2) is 5.69 Å². The molecular formula is C27H29F7N4O3. The molecule has 7 nitrogen and oxygen atoms in total. The van der Waals surface area contributed by atoms with Gasteiger partial charge in [-0.15, -0.1) is 0 Å². The Morgan fingerprint density at radius 1 is 1.00 bits per heavy atom. The molecule has 0 bridgehead atoms. The fourth-order valence-electron chi connectivity index (χ4n) is 3.59. The van der Waals surface area contributed by atoms with Crippen LogP contribution in [0.15, 0.2) is 42.6 Å². The third-order valence-corrected chi connectivity index (χ3v) is 5.46. The number of hydrogen-bond acceptors (Lipinski definition) is 6. The number of aryl methyl sites for hydroxylation is 1. The molecule has 1 heterocycles. The van der Waals surface area contributed by atoms with Gasteiger partial charge < -0.3 is 20.1 Å². The van der Waals surface area contributed by atoms with Crippen molar-refractivity contribution in [3.63, 3.8) is 0 Å². The largest absolute Gasteiger partial charge is 0.476 e. The van der Waals surface area contributed by atoms with E-state index in [9.17, 15) is 40.6 Å². The summed E-state index contributed by atoms with van der Waals surface area (Å²) in [5.74, 6) is -1.57. The molecule has 0 fully saturated rings. The minimum atomic E-state index is -4.79. The van der Waals surface area contributed by atoms with E-state index in [2.05, 4.69) is 15.3 Å². The summed E-state index contributed by atoms with van der Waals surface area (Å²) in [6.07, 6.45) is -7.40. The first kappa shape index (κ1) is 33.4. The molecule has 3 rings (SSSR count). The Kier molecular flexibility index (Phi) is 11.6. The van der Waals surface area contributed by atoms with Crippen LogP contribution in [-0.2, 0) is 18.9 Å². The van der Waals surface area contributed by atoms with Crippen molar-refractivity contribution in [1.29, 1.82) is 0 Å². The van der Waals surface area contributed by atoms with E-state index < -0.39 is 29.4 Å². The minimum absolute atomic E-state index is 0.0228. The number of carboxylic acids is 1. The third-order valence-electron chi connectivity index (χ3n) is 5.46. The summed E-state index contributed by atoms with van der Waals surface area (Å²) in [5, 5.41) is 11.9. The topological polar surface area (TPSA) is 87.6 Å². The molecule has 3 aromatic rings. The maximum atomic E-state index is 13.2. The van der Waals surface area contributed by atoms with Gasteiger partial charge in [0.05, 0.1) is 17.7 Å². The Labute approximate surface area is 232 Å². The zero-order valence-electron chi connectivity index (χ0n) is 22.6. The van der Waals surface area contributed by atoms with Crippen molar-refractivity contribution < 1.29 is 45.4 Å². The molecule has 0 aliphatic rings. The molecule has 2 aromatic carbocycles. The summed E-state index contributed by atoms with van der Waals surface area (Å²) in [7, 11) is 5.35. The van der Waals surface area contributed by atoms with Crippen molar-refractivity contribution in [1.82, 2.24) is 20.2 Å². The second-order valence-corrected chi connectivity index (χ2v) is 9.13. The van der Waals surface area contributed by atoms with E-state index >= 15 is 0 Å². The third kappa shape index (κ3) is 10.3. The Balaban J connectivity index is 0.000000305. The average Bonchev–Trinajstić information content (AvgIpc) is 2.86. The van der Waals surface area contributed by atoms with E-state index in [0.29, 0.717) is 35.4 Å². The smallest absolute Gasteiger partial charge is 0.416 e. The van der Waals surface area contributed by atoms with E-state index in [1.54, 1.807) is 6.92 Å². The zero-order chi connectivity index (χ0) is 31.0. The first-order valence-electron chi connectivity index (χ1n) is 12.1. The first-order valence-corrected chi connectivity index (χ1v) is 12.1. The van der Waals surface area contributed by atoms with E-state index in [0.717, 1.165) is 13.0 Å². The van der Waals surface area contributed by atoms with Gasteiger partial charge in [-0.05, 0) is 81.5 Å². The molecule has 0 saturated heterocycles. The van der Waals surface area contributed by atoms with E-state index in [4.69, 9.17) is 4.74 Å². The first-order chi connectivity index (χ1) is 19.0. The molecule has 1 aromatic heterocycles. The fourth-order valence-corrected chi connectivity index (χ4v) is 3.59. The number of benzene rings is 2. The molecule has 0 amide bonds. The van der Waals surface area contributed by atoms with E-state index in [-0.39, 0.29) is 35.7 Å². The molecule has 0 unspecified atom stereocenters. The molecule has 224 valence electrons. The van der Waals surface area contributed by atoms with Crippen LogP contribution in [0.3, 0.4) is 0 Å². The van der Waals surface area contributed by atoms with Crippen LogP contribution in [0, 0.1) is 12.7 Å². The summed E-state index contributed by atoms with van der Waals surface area (Å²) in [6, 6.07) is 5.67. The number of carbonyl (C=O) groups is 1. The number of alkyl halides is 6. The minimum Gasteiger partial charge on any atom is -0.476 e. The van der Waals surface area contributed by atoms with Crippen LogP contribution in [-0.4, -0.2) is 60.2 Å². The van der Waals surface area contributed by atoms with Gasteiger partial charge in [-0.2, -0.15) is 31.3 Å². The predicted octanol–water partition coefficient (Wildman–Crippen LogP) is 6.06. The van der Waals surface area contributed by atoms with Crippen molar-refractivity contribution in [3.8, 4) is 17.1 Å². The summed E-state index contributed by atoms with van der Waals surface area (Å²) >= 11 is 0.